The summed E-state index contributed by atoms with van der Waals surface area (Å²) in [5.74, 6) is -0.669. The molecule has 0 aliphatic rings. The van der Waals surface area contributed by atoms with Gasteiger partial charge in [-0.1, -0.05) is 85.6 Å². The largest absolute Gasteiger partial charge is 0.354 e. The van der Waals surface area contributed by atoms with E-state index >= 15 is 0 Å². The molecule has 0 saturated heterocycles. The molecule has 0 fully saturated rings. The molecule has 0 aliphatic heterocycles. The molecule has 1 unspecified atom stereocenters. The zero-order chi connectivity index (χ0) is 25.4. The molecule has 0 radical (unpaired) electrons. The Kier molecular flexibility index (Phi) is 9.70. The number of rotatable bonds is 10. The number of amides is 2. The van der Waals surface area contributed by atoms with Gasteiger partial charge in [-0.3, -0.25) is 9.59 Å². The average molecular weight is 515 g/mol. The first kappa shape index (κ1) is 26.7. The molecule has 184 valence electrons. The second kappa shape index (κ2) is 12.7. The average Bonchev–Trinajstić information content (AvgIpc) is 2.84. The van der Waals surface area contributed by atoms with Gasteiger partial charge in [0.15, 0.2) is 0 Å². The number of halogens is 3. The molecule has 1 atom stereocenters. The number of benzene rings is 3. The van der Waals surface area contributed by atoms with Crippen LogP contribution in [0.5, 0.6) is 0 Å². The number of nitrogens with zero attached hydrogens (tertiary/aromatic N) is 1. The normalized spacial score (nSPS) is 11.8. The third-order valence-corrected chi connectivity index (χ3v) is 6.32. The van der Waals surface area contributed by atoms with E-state index in [1.165, 1.54) is 17.0 Å². The van der Waals surface area contributed by atoms with E-state index in [9.17, 15) is 14.0 Å². The van der Waals surface area contributed by atoms with E-state index in [2.05, 4.69) is 5.32 Å². The summed E-state index contributed by atoms with van der Waals surface area (Å²) in [4.78, 5) is 28.7. The van der Waals surface area contributed by atoms with Crippen molar-refractivity contribution < 1.29 is 14.0 Å². The van der Waals surface area contributed by atoms with E-state index in [1.807, 2.05) is 44.2 Å². The number of carbonyl (C=O) groups excluding carboxylic acids is 2. The predicted octanol–water partition coefficient (Wildman–Crippen LogP) is 6.09. The number of hydrogen-bond acceptors (Lipinski definition) is 2. The lowest BCUT2D eigenvalue weighted by Gasteiger charge is -2.32. The van der Waals surface area contributed by atoms with Crippen LogP contribution in [0.2, 0.25) is 10.0 Å². The summed E-state index contributed by atoms with van der Waals surface area (Å²) >= 11 is 12.7. The molecule has 7 heteroatoms. The maximum atomic E-state index is 13.7. The molecule has 3 rings (SSSR count). The predicted molar refractivity (Wildman–Crippen MR) is 139 cm³/mol. The SMILES string of the molecule is CC(C)CNC(=O)C(Cc1ccccc1)N(Cc1ccc(F)cc1)C(=O)Cc1c(Cl)cccc1Cl. The van der Waals surface area contributed by atoms with Gasteiger partial charge in [0.1, 0.15) is 11.9 Å². The van der Waals surface area contributed by atoms with Crippen molar-refractivity contribution >= 4 is 35.0 Å². The molecule has 1 N–H and O–H groups in total. The molecule has 0 aromatic heterocycles. The molecule has 0 spiro atoms. The Hall–Kier alpha value is -2.89. The third kappa shape index (κ3) is 7.81. The third-order valence-electron chi connectivity index (χ3n) is 5.61. The monoisotopic (exact) mass is 514 g/mol. The van der Waals surface area contributed by atoms with Crippen LogP contribution < -0.4 is 5.32 Å². The van der Waals surface area contributed by atoms with Crippen molar-refractivity contribution in [1.82, 2.24) is 10.2 Å². The number of nitrogens with one attached hydrogen (secondary N) is 1. The van der Waals surface area contributed by atoms with E-state index in [0.717, 1.165) is 5.56 Å². The molecule has 4 nitrogen and oxygen atoms in total. The van der Waals surface area contributed by atoms with E-state index in [-0.39, 0.29) is 36.5 Å². The Bertz CT molecular complexity index is 1120. The molecule has 2 amide bonds. The van der Waals surface area contributed by atoms with Gasteiger partial charge in [-0.25, -0.2) is 4.39 Å². The van der Waals surface area contributed by atoms with Crippen molar-refractivity contribution in [2.45, 2.75) is 39.3 Å². The van der Waals surface area contributed by atoms with Gasteiger partial charge in [-0.15, -0.1) is 0 Å². The molecule has 3 aromatic rings. The first-order valence-corrected chi connectivity index (χ1v) is 12.3. The van der Waals surface area contributed by atoms with Crippen LogP contribution in [0.1, 0.15) is 30.5 Å². The van der Waals surface area contributed by atoms with Crippen molar-refractivity contribution in [3.63, 3.8) is 0 Å². The van der Waals surface area contributed by atoms with Crippen LogP contribution in [-0.2, 0) is 29.0 Å². The highest BCUT2D eigenvalue weighted by molar-refractivity contribution is 6.36. The summed E-state index contributed by atoms with van der Waals surface area (Å²) in [5.41, 5.74) is 2.13. The van der Waals surface area contributed by atoms with Crippen molar-refractivity contribution in [2.24, 2.45) is 5.92 Å². The number of hydrogen-bond donors (Lipinski definition) is 1. The number of carbonyl (C=O) groups is 2. The second-order valence-corrected chi connectivity index (χ2v) is 9.68. The fourth-order valence-corrected chi connectivity index (χ4v) is 4.25. The van der Waals surface area contributed by atoms with Gasteiger partial charge in [0, 0.05) is 29.6 Å². The van der Waals surface area contributed by atoms with Gasteiger partial charge in [0.2, 0.25) is 11.8 Å². The Morgan fingerprint density at radius 1 is 0.886 bits per heavy atom. The molecule has 0 aliphatic carbocycles. The minimum absolute atomic E-state index is 0.0670. The zero-order valence-electron chi connectivity index (χ0n) is 19.8. The fourth-order valence-electron chi connectivity index (χ4n) is 3.72. The fraction of sp³-hybridized carbons (Fsp3) is 0.286. The van der Waals surface area contributed by atoms with Crippen molar-refractivity contribution in [2.75, 3.05) is 6.54 Å². The van der Waals surface area contributed by atoms with Gasteiger partial charge in [0.25, 0.3) is 0 Å². The smallest absolute Gasteiger partial charge is 0.243 e. The molecular weight excluding hydrogens is 486 g/mol. The summed E-state index contributed by atoms with van der Waals surface area (Å²) in [5, 5.41) is 3.75. The van der Waals surface area contributed by atoms with Gasteiger partial charge < -0.3 is 10.2 Å². The van der Waals surface area contributed by atoms with Crippen LogP contribution in [0.3, 0.4) is 0 Å². The molecule has 35 heavy (non-hydrogen) atoms. The van der Waals surface area contributed by atoms with Crippen molar-refractivity contribution in [3.05, 3.63) is 105 Å². The van der Waals surface area contributed by atoms with Crippen LogP contribution in [-0.4, -0.2) is 29.3 Å². The molecule has 0 bridgehead atoms. The summed E-state index contributed by atoms with van der Waals surface area (Å²) in [6.07, 6.45) is 0.260. The highest BCUT2D eigenvalue weighted by atomic mass is 35.5. The first-order chi connectivity index (χ1) is 16.7. The van der Waals surface area contributed by atoms with Crippen LogP contribution in [0, 0.1) is 11.7 Å². The van der Waals surface area contributed by atoms with Crippen LogP contribution in [0.15, 0.2) is 72.8 Å². The van der Waals surface area contributed by atoms with E-state index in [1.54, 1.807) is 30.3 Å². The molecule has 0 saturated carbocycles. The van der Waals surface area contributed by atoms with Crippen LogP contribution >= 0.6 is 23.2 Å². The van der Waals surface area contributed by atoms with E-state index in [4.69, 9.17) is 23.2 Å². The Balaban J connectivity index is 1.98. The maximum absolute atomic E-state index is 13.7. The lowest BCUT2D eigenvalue weighted by Crippen LogP contribution is -2.51. The van der Waals surface area contributed by atoms with E-state index < -0.39 is 6.04 Å². The van der Waals surface area contributed by atoms with Gasteiger partial charge in [-0.2, -0.15) is 0 Å². The second-order valence-electron chi connectivity index (χ2n) is 8.87. The Labute approximate surface area is 216 Å². The summed E-state index contributed by atoms with van der Waals surface area (Å²) in [6.45, 7) is 4.63. The first-order valence-electron chi connectivity index (χ1n) is 11.5. The van der Waals surface area contributed by atoms with Crippen LogP contribution in [0.4, 0.5) is 4.39 Å². The summed E-state index contributed by atoms with van der Waals surface area (Å²) in [7, 11) is 0. The standard InChI is InChI=1S/C28H29Cl2FN2O2/c1-19(2)17-32-28(35)26(15-20-7-4-3-5-8-20)33(18-21-11-13-22(31)14-12-21)27(34)16-23-24(29)9-6-10-25(23)30/h3-14,19,26H,15-18H2,1-2H3,(H,32,35). The quantitative estimate of drug-likeness (QED) is 0.356. The van der Waals surface area contributed by atoms with Gasteiger partial charge in [0.05, 0.1) is 6.42 Å². The van der Waals surface area contributed by atoms with Gasteiger partial charge in [-0.05, 0) is 46.9 Å². The highest BCUT2D eigenvalue weighted by Crippen LogP contribution is 2.26. The zero-order valence-corrected chi connectivity index (χ0v) is 21.3. The summed E-state index contributed by atoms with van der Waals surface area (Å²) < 4.78 is 13.5. The van der Waals surface area contributed by atoms with Gasteiger partial charge >= 0.3 is 0 Å². The lowest BCUT2D eigenvalue weighted by molar-refractivity contribution is -0.140. The maximum Gasteiger partial charge on any atom is 0.243 e. The minimum Gasteiger partial charge on any atom is -0.354 e. The molecule has 3 aromatic carbocycles. The highest BCUT2D eigenvalue weighted by Gasteiger charge is 2.31. The lowest BCUT2D eigenvalue weighted by atomic mass is 10.0. The minimum atomic E-state index is -0.782. The Morgan fingerprint density at radius 3 is 2.11 bits per heavy atom. The molecule has 0 heterocycles. The molecular formula is C28H29Cl2FN2O2. The van der Waals surface area contributed by atoms with Crippen molar-refractivity contribution in [1.29, 1.82) is 0 Å². The Morgan fingerprint density at radius 2 is 1.51 bits per heavy atom. The topological polar surface area (TPSA) is 49.4 Å². The summed E-state index contributed by atoms with van der Waals surface area (Å²) in [6, 6.07) is 19.7. The van der Waals surface area contributed by atoms with E-state index in [0.29, 0.717) is 34.1 Å². The van der Waals surface area contributed by atoms with Crippen LogP contribution in [0.25, 0.3) is 0 Å². The van der Waals surface area contributed by atoms with Crippen molar-refractivity contribution in [3.8, 4) is 0 Å².